The number of thioether (sulfide) groups is 1. The summed E-state index contributed by atoms with van der Waals surface area (Å²) in [6.07, 6.45) is 8.19. The first-order chi connectivity index (χ1) is 9.72. The van der Waals surface area contributed by atoms with Crippen LogP contribution in [0, 0.1) is 0 Å². The Kier molecular flexibility index (Phi) is 4.24. The topological polar surface area (TPSA) is 49.4 Å². The Balaban J connectivity index is 1.71. The molecule has 2 saturated heterocycles. The van der Waals surface area contributed by atoms with Crippen LogP contribution in [0.3, 0.4) is 0 Å². The summed E-state index contributed by atoms with van der Waals surface area (Å²) < 4.78 is 0. The quantitative estimate of drug-likeness (QED) is 0.810. The second-order valence-corrected chi connectivity index (χ2v) is 7.47. The molecule has 0 radical (unpaired) electrons. The Hall–Kier alpha value is -0.710. The lowest BCUT2D eigenvalue weighted by atomic mass is 9.85. The number of amides is 2. The summed E-state index contributed by atoms with van der Waals surface area (Å²) in [5.74, 6) is 2.26. The fraction of sp³-hybridized carbons (Fsp3) is 0.867. The first-order valence-corrected chi connectivity index (χ1v) is 9.07. The maximum Gasteiger partial charge on any atom is 0.246 e. The Labute approximate surface area is 125 Å². The molecule has 4 nitrogen and oxygen atoms in total. The van der Waals surface area contributed by atoms with E-state index in [1.54, 1.807) is 0 Å². The summed E-state index contributed by atoms with van der Waals surface area (Å²) >= 11 is 1.90. The van der Waals surface area contributed by atoms with E-state index in [1.807, 2.05) is 16.7 Å². The van der Waals surface area contributed by atoms with Crippen LogP contribution in [-0.4, -0.2) is 46.3 Å². The van der Waals surface area contributed by atoms with Crippen LogP contribution in [0.5, 0.6) is 0 Å². The lowest BCUT2D eigenvalue weighted by Crippen LogP contribution is -2.67. The zero-order chi connectivity index (χ0) is 14.0. The van der Waals surface area contributed by atoms with Crippen LogP contribution in [0.4, 0.5) is 0 Å². The molecule has 112 valence electrons. The number of likely N-dealkylation sites (tertiary alicyclic amines) is 1. The summed E-state index contributed by atoms with van der Waals surface area (Å²) in [6.45, 7) is 0.765. The molecule has 3 fully saturated rings. The van der Waals surface area contributed by atoms with E-state index in [9.17, 15) is 9.59 Å². The molecule has 1 saturated carbocycles. The highest BCUT2D eigenvalue weighted by atomic mass is 32.2. The van der Waals surface area contributed by atoms with Crippen molar-refractivity contribution in [1.29, 1.82) is 0 Å². The third-order valence-corrected chi connectivity index (χ3v) is 6.04. The Morgan fingerprint density at radius 1 is 1.20 bits per heavy atom. The zero-order valence-corrected chi connectivity index (χ0v) is 12.8. The molecule has 0 bridgehead atoms. The van der Waals surface area contributed by atoms with Gasteiger partial charge in [0, 0.05) is 19.0 Å². The van der Waals surface area contributed by atoms with Crippen molar-refractivity contribution >= 4 is 23.6 Å². The SMILES string of the molecule is O=C1CCN1C1(C(=O)NC2CCCCC2)CCSCC1. The number of hydrogen-bond donors (Lipinski definition) is 1. The molecule has 0 atom stereocenters. The van der Waals surface area contributed by atoms with Crippen LogP contribution in [-0.2, 0) is 9.59 Å². The number of rotatable bonds is 3. The molecule has 2 heterocycles. The normalized spacial score (nSPS) is 27.0. The number of β-lactam (4-membered cyclic amide) rings is 1. The third-order valence-electron chi connectivity index (χ3n) is 5.05. The van der Waals surface area contributed by atoms with E-state index < -0.39 is 5.54 Å². The molecule has 2 aliphatic heterocycles. The first-order valence-electron chi connectivity index (χ1n) is 7.91. The number of nitrogens with one attached hydrogen (secondary N) is 1. The van der Waals surface area contributed by atoms with Gasteiger partial charge in [-0.2, -0.15) is 11.8 Å². The molecular formula is C15H24N2O2S. The highest BCUT2D eigenvalue weighted by Crippen LogP contribution is 2.36. The Morgan fingerprint density at radius 2 is 1.90 bits per heavy atom. The van der Waals surface area contributed by atoms with Crippen LogP contribution in [0.2, 0.25) is 0 Å². The molecule has 0 aromatic heterocycles. The van der Waals surface area contributed by atoms with Crippen LogP contribution in [0.15, 0.2) is 0 Å². The van der Waals surface area contributed by atoms with Crippen molar-refractivity contribution in [2.75, 3.05) is 18.1 Å². The summed E-state index contributed by atoms with van der Waals surface area (Å²) in [5, 5.41) is 3.26. The molecule has 1 aliphatic carbocycles. The predicted octanol–water partition coefficient (Wildman–Crippen LogP) is 1.93. The van der Waals surface area contributed by atoms with Gasteiger partial charge in [0.1, 0.15) is 5.54 Å². The van der Waals surface area contributed by atoms with E-state index in [4.69, 9.17) is 0 Å². The lowest BCUT2D eigenvalue weighted by Gasteiger charge is -2.49. The molecule has 1 N–H and O–H groups in total. The van der Waals surface area contributed by atoms with Crippen LogP contribution in [0.25, 0.3) is 0 Å². The number of nitrogens with zero attached hydrogens (tertiary/aromatic N) is 1. The zero-order valence-electron chi connectivity index (χ0n) is 12.0. The Morgan fingerprint density at radius 3 is 2.45 bits per heavy atom. The average molecular weight is 296 g/mol. The van der Waals surface area contributed by atoms with Gasteiger partial charge in [0.15, 0.2) is 0 Å². The minimum absolute atomic E-state index is 0.123. The summed E-state index contributed by atoms with van der Waals surface area (Å²) in [5.41, 5.74) is -0.530. The van der Waals surface area contributed by atoms with E-state index in [0.29, 0.717) is 12.5 Å². The van der Waals surface area contributed by atoms with Crippen molar-refractivity contribution in [2.24, 2.45) is 0 Å². The molecule has 2 amide bonds. The second-order valence-electron chi connectivity index (χ2n) is 6.25. The lowest BCUT2D eigenvalue weighted by molar-refractivity contribution is -0.158. The van der Waals surface area contributed by atoms with Crippen molar-refractivity contribution in [3.63, 3.8) is 0 Å². The van der Waals surface area contributed by atoms with Crippen LogP contribution >= 0.6 is 11.8 Å². The van der Waals surface area contributed by atoms with E-state index in [2.05, 4.69) is 5.32 Å². The molecule has 0 unspecified atom stereocenters. The van der Waals surface area contributed by atoms with Crippen molar-refractivity contribution in [2.45, 2.75) is 62.9 Å². The average Bonchev–Trinajstić information content (AvgIpc) is 2.47. The van der Waals surface area contributed by atoms with Crippen molar-refractivity contribution < 1.29 is 9.59 Å². The minimum Gasteiger partial charge on any atom is -0.351 e. The molecule has 3 aliphatic rings. The van der Waals surface area contributed by atoms with Crippen molar-refractivity contribution in [1.82, 2.24) is 10.2 Å². The molecule has 0 aromatic rings. The van der Waals surface area contributed by atoms with Gasteiger partial charge in [0.2, 0.25) is 11.8 Å². The predicted molar refractivity (Wildman–Crippen MR) is 80.6 cm³/mol. The number of carbonyl (C=O) groups is 2. The van der Waals surface area contributed by atoms with Gasteiger partial charge in [0.25, 0.3) is 0 Å². The smallest absolute Gasteiger partial charge is 0.246 e. The molecule has 0 aromatic carbocycles. The van der Waals surface area contributed by atoms with Gasteiger partial charge in [-0.15, -0.1) is 0 Å². The van der Waals surface area contributed by atoms with Crippen LogP contribution in [0.1, 0.15) is 51.4 Å². The Bertz CT molecular complexity index is 387. The van der Waals surface area contributed by atoms with Gasteiger partial charge >= 0.3 is 0 Å². The van der Waals surface area contributed by atoms with E-state index >= 15 is 0 Å². The molecule has 20 heavy (non-hydrogen) atoms. The molecule has 5 heteroatoms. The highest BCUT2D eigenvalue weighted by Gasteiger charge is 2.50. The van der Waals surface area contributed by atoms with Crippen molar-refractivity contribution in [3.05, 3.63) is 0 Å². The highest BCUT2D eigenvalue weighted by molar-refractivity contribution is 7.99. The van der Waals surface area contributed by atoms with Gasteiger partial charge in [-0.1, -0.05) is 19.3 Å². The summed E-state index contributed by atoms with van der Waals surface area (Å²) in [4.78, 5) is 26.6. The monoisotopic (exact) mass is 296 g/mol. The molecule has 0 spiro atoms. The van der Waals surface area contributed by atoms with E-state index in [0.717, 1.165) is 43.7 Å². The standard InChI is InChI=1S/C15H24N2O2S/c18-13-6-9-17(13)15(7-10-20-11-8-15)14(19)16-12-4-2-1-3-5-12/h12H,1-11H2,(H,16,19). The van der Waals surface area contributed by atoms with E-state index in [1.165, 1.54) is 19.3 Å². The van der Waals surface area contributed by atoms with Gasteiger partial charge in [-0.05, 0) is 37.2 Å². The first kappa shape index (κ1) is 14.2. The minimum atomic E-state index is -0.530. The number of hydrogen-bond acceptors (Lipinski definition) is 3. The summed E-state index contributed by atoms with van der Waals surface area (Å²) in [7, 11) is 0. The van der Waals surface area contributed by atoms with Gasteiger partial charge in [-0.25, -0.2) is 0 Å². The fourth-order valence-electron chi connectivity index (χ4n) is 3.66. The van der Waals surface area contributed by atoms with Crippen molar-refractivity contribution in [3.8, 4) is 0 Å². The van der Waals surface area contributed by atoms with E-state index in [-0.39, 0.29) is 11.8 Å². The van der Waals surface area contributed by atoms with Gasteiger partial charge in [-0.3, -0.25) is 9.59 Å². The molecule has 3 rings (SSSR count). The number of carbonyl (C=O) groups excluding carboxylic acids is 2. The largest absolute Gasteiger partial charge is 0.351 e. The van der Waals surface area contributed by atoms with Gasteiger partial charge < -0.3 is 10.2 Å². The maximum atomic E-state index is 12.9. The molecular weight excluding hydrogens is 272 g/mol. The van der Waals surface area contributed by atoms with Crippen LogP contribution < -0.4 is 5.32 Å². The summed E-state index contributed by atoms with van der Waals surface area (Å²) in [6, 6.07) is 0.332. The second kappa shape index (κ2) is 5.96. The van der Waals surface area contributed by atoms with Gasteiger partial charge in [0.05, 0.1) is 0 Å². The fourth-order valence-corrected chi connectivity index (χ4v) is 4.83. The third kappa shape index (κ3) is 2.57. The maximum absolute atomic E-state index is 12.9.